The molecule has 0 aliphatic rings. The van der Waals surface area contributed by atoms with Gasteiger partial charge in [0, 0.05) is 13.6 Å². The molecule has 1 aromatic heterocycles. The Morgan fingerprint density at radius 1 is 1.44 bits per heavy atom. The van der Waals surface area contributed by atoms with E-state index in [9.17, 15) is 4.79 Å². The van der Waals surface area contributed by atoms with Gasteiger partial charge in [0.2, 0.25) is 5.91 Å². The third-order valence-electron chi connectivity index (χ3n) is 2.66. The molecule has 0 fully saturated rings. The maximum atomic E-state index is 11.5. The van der Waals surface area contributed by atoms with Crippen LogP contribution in [0.1, 0.15) is 23.7 Å². The number of aryl methyl sites for hydroxylation is 1. The fourth-order valence-corrected chi connectivity index (χ4v) is 1.54. The topological polar surface area (TPSA) is 81.9 Å². The molecular formula is C12H17N5O. The Hall–Kier alpha value is -2.16. The van der Waals surface area contributed by atoms with E-state index < -0.39 is 0 Å². The van der Waals surface area contributed by atoms with E-state index in [0.29, 0.717) is 17.9 Å². The number of carbonyl (C=O) groups excluding carboxylic acids is 1. The van der Waals surface area contributed by atoms with Crippen LogP contribution in [0.5, 0.6) is 0 Å². The van der Waals surface area contributed by atoms with Crippen molar-refractivity contribution in [2.45, 2.75) is 20.8 Å². The van der Waals surface area contributed by atoms with Gasteiger partial charge in [0.1, 0.15) is 11.6 Å². The van der Waals surface area contributed by atoms with Crippen LogP contribution in [0, 0.1) is 25.2 Å². The first-order valence-electron chi connectivity index (χ1n) is 5.73. The molecule has 0 bridgehead atoms. The Morgan fingerprint density at radius 2 is 2.11 bits per heavy atom. The van der Waals surface area contributed by atoms with Crippen molar-refractivity contribution in [2.75, 3.05) is 25.0 Å². The third-order valence-corrected chi connectivity index (χ3v) is 2.66. The summed E-state index contributed by atoms with van der Waals surface area (Å²) in [6.07, 6.45) is 0. The molecule has 1 aromatic rings. The molecule has 0 aliphatic carbocycles. The number of nitrogens with one attached hydrogen (secondary N) is 1. The second kappa shape index (κ2) is 5.96. The fourth-order valence-electron chi connectivity index (χ4n) is 1.54. The van der Waals surface area contributed by atoms with Gasteiger partial charge in [-0.25, -0.2) is 0 Å². The number of carbonyl (C=O) groups is 1. The molecule has 0 spiro atoms. The standard InChI is InChI=1S/C12H17N5O/c1-5-14-11(18)7-17(4)12-10(6-13)8(2)9(3)15-16-12/h5,7H2,1-4H3,(H,14,18). The zero-order valence-corrected chi connectivity index (χ0v) is 11.1. The summed E-state index contributed by atoms with van der Waals surface area (Å²) in [6.45, 7) is 6.22. The molecule has 1 rings (SSSR count). The lowest BCUT2D eigenvalue weighted by atomic mass is 10.1. The van der Waals surface area contributed by atoms with Crippen LogP contribution in [0.3, 0.4) is 0 Å². The molecule has 1 amide bonds. The van der Waals surface area contributed by atoms with Crippen molar-refractivity contribution in [3.63, 3.8) is 0 Å². The fraction of sp³-hybridized carbons (Fsp3) is 0.500. The minimum absolute atomic E-state index is 0.107. The quantitative estimate of drug-likeness (QED) is 0.839. The minimum Gasteiger partial charge on any atom is -0.355 e. The zero-order valence-electron chi connectivity index (χ0n) is 11.1. The van der Waals surface area contributed by atoms with Gasteiger partial charge >= 0.3 is 0 Å². The summed E-state index contributed by atoms with van der Waals surface area (Å²) in [5.74, 6) is 0.329. The predicted molar refractivity (Wildman–Crippen MR) is 68.2 cm³/mol. The first-order chi connectivity index (χ1) is 8.51. The zero-order chi connectivity index (χ0) is 13.7. The highest BCUT2D eigenvalue weighted by molar-refractivity contribution is 5.81. The van der Waals surface area contributed by atoms with Gasteiger partial charge in [-0.15, -0.1) is 5.10 Å². The first-order valence-corrected chi connectivity index (χ1v) is 5.73. The molecule has 6 heteroatoms. The van der Waals surface area contributed by atoms with Crippen LogP contribution in [0.4, 0.5) is 5.82 Å². The normalized spacial score (nSPS) is 9.72. The molecule has 0 aliphatic heterocycles. The summed E-state index contributed by atoms with van der Waals surface area (Å²) in [4.78, 5) is 13.1. The third kappa shape index (κ3) is 2.94. The van der Waals surface area contributed by atoms with Gasteiger partial charge in [0.25, 0.3) is 0 Å². The van der Waals surface area contributed by atoms with Crippen molar-refractivity contribution >= 4 is 11.7 Å². The van der Waals surface area contributed by atoms with Crippen LogP contribution >= 0.6 is 0 Å². The number of nitrogens with zero attached hydrogens (tertiary/aromatic N) is 4. The van der Waals surface area contributed by atoms with Crippen LogP contribution in [0.25, 0.3) is 0 Å². The van der Waals surface area contributed by atoms with Crippen LogP contribution < -0.4 is 10.2 Å². The summed E-state index contributed by atoms with van der Waals surface area (Å²) < 4.78 is 0. The van der Waals surface area contributed by atoms with Crippen molar-refractivity contribution in [3.8, 4) is 6.07 Å². The van der Waals surface area contributed by atoms with Crippen LogP contribution in [0.2, 0.25) is 0 Å². The van der Waals surface area contributed by atoms with Crippen LogP contribution in [0.15, 0.2) is 0 Å². The van der Waals surface area contributed by atoms with E-state index >= 15 is 0 Å². The molecule has 0 saturated carbocycles. The molecule has 0 unspecified atom stereocenters. The van der Waals surface area contributed by atoms with Crippen molar-refractivity contribution in [1.82, 2.24) is 15.5 Å². The second-order valence-electron chi connectivity index (χ2n) is 4.03. The highest BCUT2D eigenvalue weighted by Crippen LogP contribution is 2.19. The van der Waals surface area contributed by atoms with Crippen molar-refractivity contribution < 1.29 is 4.79 Å². The highest BCUT2D eigenvalue weighted by Gasteiger charge is 2.16. The largest absolute Gasteiger partial charge is 0.355 e. The Bertz CT molecular complexity index is 492. The smallest absolute Gasteiger partial charge is 0.239 e. The van der Waals surface area contributed by atoms with Crippen molar-refractivity contribution in [1.29, 1.82) is 5.26 Å². The predicted octanol–water partition coefficient (Wildman–Crippen LogP) is 0.537. The van der Waals surface area contributed by atoms with Gasteiger partial charge in [-0.2, -0.15) is 10.4 Å². The van der Waals surface area contributed by atoms with E-state index in [0.717, 1.165) is 11.3 Å². The van der Waals surface area contributed by atoms with Gasteiger partial charge < -0.3 is 10.2 Å². The average Bonchev–Trinajstić information content (AvgIpc) is 2.32. The lowest BCUT2D eigenvalue weighted by Gasteiger charge is -2.19. The molecule has 6 nitrogen and oxygen atoms in total. The molecular weight excluding hydrogens is 230 g/mol. The van der Waals surface area contributed by atoms with Gasteiger partial charge in [0.15, 0.2) is 5.82 Å². The van der Waals surface area contributed by atoms with Gasteiger partial charge in [-0.3, -0.25) is 4.79 Å². The molecule has 0 radical (unpaired) electrons. The molecule has 0 aromatic carbocycles. The number of aromatic nitrogens is 2. The summed E-state index contributed by atoms with van der Waals surface area (Å²) in [7, 11) is 1.72. The van der Waals surface area contributed by atoms with E-state index in [1.807, 2.05) is 13.8 Å². The van der Waals surface area contributed by atoms with Crippen molar-refractivity contribution in [2.24, 2.45) is 0 Å². The van der Waals surface area contributed by atoms with Crippen LogP contribution in [-0.4, -0.2) is 36.2 Å². The number of nitriles is 1. The van der Waals surface area contributed by atoms with Gasteiger partial charge in [-0.1, -0.05) is 0 Å². The SMILES string of the molecule is CCNC(=O)CN(C)c1nnc(C)c(C)c1C#N. The number of rotatable bonds is 4. The number of amides is 1. The van der Waals surface area contributed by atoms with E-state index in [4.69, 9.17) is 5.26 Å². The van der Waals surface area contributed by atoms with E-state index in [-0.39, 0.29) is 12.5 Å². The number of hydrogen-bond acceptors (Lipinski definition) is 5. The van der Waals surface area contributed by atoms with Crippen molar-refractivity contribution in [3.05, 3.63) is 16.8 Å². The Kier molecular flexibility index (Phi) is 4.60. The van der Waals surface area contributed by atoms with E-state index in [1.54, 1.807) is 18.9 Å². The lowest BCUT2D eigenvalue weighted by Crippen LogP contribution is -2.35. The van der Waals surface area contributed by atoms with Gasteiger partial charge in [-0.05, 0) is 26.3 Å². The summed E-state index contributed by atoms with van der Waals surface area (Å²) in [5.41, 5.74) is 1.99. The summed E-state index contributed by atoms with van der Waals surface area (Å²) in [5, 5.41) is 19.8. The maximum Gasteiger partial charge on any atom is 0.239 e. The monoisotopic (exact) mass is 247 g/mol. The molecule has 0 atom stereocenters. The second-order valence-corrected chi connectivity index (χ2v) is 4.03. The molecule has 18 heavy (non-hydrogen) atoms. The first kappa shape index (κ1) is 13.9. The maximum absolute atomic E-state index is 11.5. The lowest BCUT2D eigenvalue weighted by molar-refractivity contribution is -0.119. The number of likely N-dealkylation sites (N-methyl/N-ethyl adjacent to an activating group) is 2. The van der Waals surface area contributed by atoms with E-state index in [2.05, 4.69) is 21.6 Å². The minimum atomic E-state index is -0.107. The van der Waals surface area contributed by atoms with E-state index in [1.165, 1.54) is 0 Å². The summed E-state index contributed by atoms with van der Waals surface area (Å²) in [6, 6.07) is 2.11. The van der Waals surface area contributed by atoms with Gasteiger partial charge in [0.05, 0.1) is 12.2 Å². The Labute approximate surface area is 107 Å². The van der Waals surface area contributed by atoms with Crippen LogP contribution in [-0.2, 0) is 4.79 Å². The number of hydrogen-bond donors (Lipinski definition) is 1. The highest BCUT2D eigenvalue weighted by atomic mass is 16.2. The molecule has 0 saturated heterocycles. The molecule has 96 valence electrons. The average molecular weight is 247 g/mol. The molecule has 1 N–H and O–H groups in total. The Balaban J connectivity index is 3.00. The summed E-state index contributed by atoms with van der Waals surface area (Å²) >= 11 is 0. The number of anilines is 1. The molecule has 1 heterocycles. The Morgan fingerprint density at radius 3 is 2.67 bits per heavy atom.